The average molecular weight is 260 g/mol. The van der Waals surface area contributed by atoms with Crippen LogP contribution < -0.4 is 0 Å². The van der Waals surface area contributed by atoms with Gasteiger partial charge in [-0.3, -0.25) is 4.79 Å². The van der Waals surface area contributed by atoms with Gasteiger partial charge in [0.2, 0.25) is 0 Å². The molecule has 0 aliphatic rings. The van der Waals surface area contributed by atoms with Crippen molar-refractivity contribution in [3.05, 3.63) is 0 Å². The van der Waals surface area contributed by atoms with Gasteiger partial charge in [0.15, 0.2) is 0 Å². The van der Waals surface area contributed by atoms with Crippen LogP contribution in [0.15, 0.2) is 0 Å². The average Bonchev–Trinajstić information content (AvgIpc) is 2.21. The molecule has 0 spiro atoms. The maximum atomic E-state index is 11.8. The third-order valence-electron chi connectivity index (χ3n) is 2.07. The summed E-state index contributed by atoms with van der Waals surface area (Å²) in [5.74, 6) is -0.418. The predicted octanol–water partition coefficient (Wildman–Crippen LogP) is 0.958. The van der Waals surface area contributed by atoms with Crippen molar-refractivity contribution in [2.24, 2.45) is 0 Å². The van der Waals surface area contributed by atoms with Crippen LogP contribution in [0.4, 0.5) is 4.79 Å². The molecule has 0 N–H and O–H groups in total. The van der Waals surface area contributed by atoms with Crippen molar-refractivity contribution in [3.63, 3.8) is 0 Å². The van der Waals surface area contributed by atoms with Crippen molar-refractivity contribution < 1.29 is 19.1 Å². The molecule has 0 atom stereocenters. The Morgan fingerprint density at radius 2 is 1.67 bits per heavy atom. The molecule has 0 fully saturated rings. The number of esters is 1. The SMILES string of the molecule is COCCN(C)C(=O)N(C)CC(=O)OC(C)(C)C. The number of rotatable bonds is 5. The van der Waals surface area contributed by atoms with Crippen LogP contribution >= 0.6 is 0 Å². The van der Waals surface area contributed by atoms with Crippen LogP contribution in [0.1, 0.15) is 20.8 Å². The number of nitrogens with zero attached hydrogens (tertiary/aromatic N) is 2. The number of carbonyl (C=O) groups excluding carboxylic acids is 2. The molecule has 6 heteroatoms. The molecule has 0 aliphatic carbocycles. The van der Waals surface area contributed by atoms with Gasteiger partial charge in [0.05, 0.1) is 6.61 Å². The van der Waals surface area contributed by atoms with Crippen molar-refractivity contribution in [1.29, 1.82) is 0 Å². The molecule has 0 aromatic carbocycles. The van der Waals surface area contributed by atoms with Gasteiger partial charge in [-0.2, -0.15) is 0 Å². The molecule has 0 rings (SSSR count). The van der Waals surface area contributed by atoms with E-state index in [1.807, 2.05) is 0 Å². The first-order valence-corrected chi connectivity index (χ1v) is 5.84. The van der Waals surface area contributed by atoms with E-state index in [-0.39, 0.29) is 12.6 Å². The summed E-state index contributed by atoms with van der Waals surface area (Å²) in [6, 6.07) is -0.238. The highest BCUT2D eigenvalue weighted by Crippen LogP contribution is 2.07. The first-order chi connectivity index (χ1) is 8.17. The lowest BCUT2D eigenvalue weighted by Gasteiger charge is -2.26. The molecule has 0 saturated heterocycles. The van der Waals surface area contributed by atoms with Crippen molar-refractivity contribution >= 4 is 12.0 Å². The van der Waals surface area contributed by atoms with E-state index in [1.54, 1.807) is 42.0 Å². The van der Waals surface area contributed by atoms with Gasteiger partial charge in [0.25, 0.3) is 0 Å². The highest BCUT2D eigenvalue weighted by atomic mass is 16.6. The van der Waals surface area contributed by atoms with E-state index in [1.165, 1.54) is 9.80 Å². The van der Waals surface area contributed by atoms with E-state index in [9.17, 15) is 9.59 Å². The molecule has 18 heavy (non-hydrogen) atoms. The fourth-order valence-electron chi connectivity index (χ4n) is 1.25. The molecule has 0 unspecified atom stereocenters. The Hall–Kier alpha value is -1.30. The number of likely N-dealkylation sites (N-methyl/N-ethyl adjacent to an activating group) is 2. The van der Waals surface area contributed by atoms with Gasteiger partial charge in [0, 0.05) is 27.7 Å². The highest BCUT2D eigenvalue weighted by molar-refractivity contribution is 5.80. The Labute approximate surface area is 109 Å². The van der Waals surface area contributed by atoms with Crippen molar-refractivity contribution in [2.75, 3.05) is 40.9 Å². The molecule has 0 aromatic rings. The molecular formula is C12H24N2O4. The maximum absolute atomic E-state index is 11.8. The second-order valence-corrected chi connectivity index (χ2v) is 5.14. The molecule has 0 heterocycles. The van der Waals surface area contributed by atoms with E-state index in [0.717, 1.165) is 0 Å². The Morgan fingerprint density at radius 1 is 1.11 bits per heavy atom. The predicted molar refractivity (Wildman–Crippen MR) is 68.4 cm³/mol. The molecular weight excluding hydrogens is 236 g/mol. The Kier molecular flexibility index (Phi) is 6.68. The quantitative estimate of drug-likeness (QED) is 0.691. The molecule has 2 amide bonds. The van der Waals surface area contributed by atoms with E-state index in [0.29, 0.717) is 13.2 Å². The zero-order chi connectivity index (χ0) is 14.3. The fraction of sp³-hybridized carbons (Fsp3) is 0.833. The number of carbonyl (C=O) groups is 2. The monoisotopic (exact) mass is 260 g/mol. The molecule has 6 nitrogen and oxygen atoms in total. The first-order valence-electron chi connectivity index (χ1n) is 5.84. The summed E-state index contributed by atoms with van der Waals surface area (Å²) in [6.45, 7) is 6.25. The van der Waals surface area contributed by atoms with Crippen molar-refractivity contribution in [1.82, 2.24) is 9.80 Å². The molecule has 0 aromatic heterocycles. The largest absolute Gasteiger partial charge is 0.459 e. The molecule has 106 valence electrons. The summed E-state index contributed by atoms with van der Waals surface area (Å²) in [4.78, 5) is 26.2. The van der Waals surface area contributed by atoms with Crippen molar-refractivity contribution in [3.8, 4) is 0 Å². The smallest absolute Gasteiger partial charge is 0.326 e. The lowest BCUT2D eigenvalue weighted by atomic mass is 10.2. The number of hydrogen-bond acceptors (Lipinski definition) is 4. The zero-order valence-electron chi connectivity index (χ0n) is 12.1. The highest BCUT2D eigenvalue weighted by Gasteiger charge is 2.21. The second-order valence-electron chi connectivity index (χ2n) is 5.14. The summed E-state index contributed by atoms with van der Waals surface area (Å²) in [5.41, 5.74) is -0.539. The van der Waals surface area contributed by atoms with E-state index >= 15 is 0 Å². The maximum Gasteiger partial charge on any atom is 0.326 e. The standard InChI is InChI=1S/C12H24N2O4/c1-12(2,3)18-10(15)9-14(5)11(16)13(4)7-8-17-6/h7-9H2,1-6H3. The van der Waals surface area contributed by atoms with Gasteiger partial charge in [-0.15, -0.1) is 0 Å². The lowest BCUT2D eigenvalue weighted by molar-refractivity contribution is -0.155. The van der Waals surface area contributed by atoms with Gasteiger partial charge in [-0.25, -0.2) is 4.79 Å². The van der Waals surface area contributed by atoms with Crippen LogP contribution in [-0.4, -0.2) is 68.3 Å². The van der Waals surface area contributed by atoms with E-state index in [2.05, 4.69) is 0 Å². The van der Waals surface area contributed by atoms with Crippen LogP contribution in [-0.2, 0) is 14.3 Å². The zero-order valence-corrected chi connectivity index (χ0v) is 12.1. The third kappa shape index (κ3) is 7.11. The van der Waals surface area contributed by atoms with Crippen LogP contribution in [0.5, 0.6) is 0 Å². The molecule has 0 saturated carbocycles. The normalized spacial score (nSPS) is 11.0. The van der Waals surface area contributed by atoms with Crippen molar-refractivity contribution in [2.45, 2.75) is 26.4 Å². The number of hydrogen-bond donors (Lipinski definition) is 0. The number of amides is 2. The minimum Gasteiger partial charge on any atom is -0.459 e. The third-order valence-corrected chi connectivity index (χ3v) is 2.07. The number of methoxy groups -OCH3 is 1. The molecule has 0 aliphatic heterocycles. The minimum absolute atomic E-state index is 0.0621. The van der Waals surface area contributed by atoms with Crippen LogP contribution in [0.2, 0.25) is 0 Å². The van der Waals surface area contributed by atoms with E-state index in [4.69, 9.17) is 9.47 Å². The van der Waals surface area contributed by atoms with Gasteiger partial charge < -0.3 is 19.3 Å². The summed E-state index contributed by atoms with van der Waals surface area (Å²) in [6.07, 6.45) is 0. The summed E-state index contributed by atoms with van der Waals surface area (Å²) in [7, 11) is 4.80. The van der Waals surface area contributed by atoms with Crippen LogP contribution in [0.3, 0.4) is 0 Å². The summed E-state index contributed by atoms with van der Waals surface area (Å²) >= 11 is 0. The van der Waals surface area contributed by atoms with Gasteiger partial charge in [-0.05, 0) is 20.8 Å². The lowest BCUT2D eigenvalue weighted by Crippen LogP contribution is -2.43. The minimum atomic E-state index is -0.539. The Bertz CT molecular complexity index is 286. The molecule has 0 bridgehead atoms. The van der Waals surface area contributed by atoms with Crippen LogP contribution in [0.25, 0.3) is 0 Å². The number of ether oxygens (including phenoxy) is 2. The summed E-state index contributed by atoms with van der Waals surface area (Å²) in [5, 5.41) is 0. The first kappa shape index (κ1) is 16.7. The van der Waals surface area contributed by atoms with Crippen LogP contribution in [0, 0.1) is 0 Å². The fourth-order valence-corrected chi connectivity index (χ4v) is 1.25. The van der Waals surface area contributed by atoms with E-state index < -0.39 is 11.6 Å². The number of urea groups is 1. The van der Waals surface area contributed by atoms with Gasteiger partial charge >= 0.3 is 12.0 Å². The Morgan fingerprint density at radius 3 is 2.11 bits per heavy atom. The summed E-state index contributed by atoms with van der Waals surface area (Å²) < 4.78 is 10.0. The molecule has 0 radical (unpaired) electrons. The topological polar surface area (TPSA) is 59.1 Å². The van der Waals surface area contributed by atoms with Gasteiger partial charge in [-0.1, -0.05) is 0 Å². The Balaban J connectivity index is 4.19. The van der Waals surface area contributed by atoms with Gasteiger partial charge in [0.1, 0.15) is 12.1 Å². The second kappa shape index (κ2) is 7.20.